The molecular formula is C41H59NO4. The lowest BCUT2D eigenvalue weighted by molar-refractivity contribution is -0.362. The number of aliphatic hydroxyl groups is 2. The third kappa shape index (κ3) is 4.86. The van der Waals surface area contributed by atoms with Crippen molar-refractivity contribution >= 4 is 0 Å². The highest BCUT2D eigenvalue weighted by molar-refractivity contribution is 5.40. The molecule has 0 amide bonds. The molecule has 0 radical (unpaired) electrons. The maximum Gasteiger partial charge on any atom is 0.115 e. The Balaban J connectivity index is 1.28. The number of hydrogen-bond donors (Lipinski definition) is 4. The van der Waals surface area contributed by atoms with Gasteiger partial charge in [0.15, 0.2) is 0 Å². The molecule has 0 unspecified atom stereocenters. The molecule has 5 saturated carbocycles. The monoisotopic (exact) mass is 629 g/mol. The number of fused-ring (bicyclic) bond motifs is 4. The van der Waals surface area contributed by atoms with Crippen LogP contribution >= 0.6 is 0 Å². The van der Waals surface area contributed by atoms with E-state index in [1.165, 1.54) is 75.3 Å². The van der Waals surface area contributed by atoms with Crippen LogP contribution in [0.1, 0.15) is 121 Å². The van der Waals surface area contributed by atoms with Crippen LogP contribution < -0.4 is 5.73 Å². The summed E-state index contributed by atoms with van der Waals surface area (Å²) in [5.41, 5.74) is 9.65. The Morgan fingerprint density at radius 2 is 1.80 bits per heavy atom. The molecule has 2 aliphatic heterocycles. The van der Waals surface area contributed by atoms with Crippen LogP contribution in [-0.2, 0) is 17.6 Å². The summed E-state index contributed by atoms with van der Waals surface area (Å²) in [6, 6.07) is 5.98. The van der Waals surface area contributed by atoms with Crippen molar-refractivity contribution in [2.24, 2.45) is 58.5 Å². The SMILES string of the molecule is C[C@]1([C@@H]2CCC[C@H](CCCO)C2)O[C@@]23C[C@@H]4CC[C@@H](CO)[C@](N)([C@@H]2C#CCc2cc(O)ccc2C[C@@H]2C[C@@H]3CC3(CCCC3)C2)[C@@H]41. The van der Waals surface area contributed by atoms with Gasteiger partial charge in [-0.05, 0) is 149 Å². The van der Waals surface area contributed by atoms with Gasteiger partial charge in [0.1, 0.15) is 5.75 Å². The van der Waals surface area contributed by atoms with Gasteiger partial charge in [0, 0.05) is 37.0 Å². The van der Waals surface area contributed by atoms with Crippen molar-refractivity contribution in [3.05, 3.63) is 29.3 Å². The largest absolute Gasteiger partial charge is 0.508 e. The Morgan fingerprint density at radius 1 is 0.957 bits per heavy atom. The van der Waals surface area contributed by atoms with Crippen molar-refractivity contribution in [2.75, 3.05) is 13.2 Å². The predicted octanol–water partition coefficient (Wildman–Crippen LogP) is 6.93. The molecule has 46 heavy (non-hydrogen) atoms. The Bertz CT molecular complexity index is 1360. The van der Waals surface area contributed by atoms with Crippen LogP contribution in [0, 0.1) is 64.6 Å². The Kier molecular flexibility index (Phi) is 8.12. The maximum atomic E-state index is 11.1. The first kappa shape index (κ1) is 31.7. The molecule has 1 aromatic rings. The van der Waals surface area contributed by atoms with Gasteiger partial charge in [-0.25, -0.2) is 0 Å². The number of nitrogens with two attached hydrogens (primary N) is 1. The van der Waals surface area contributed by atoms with Gasteiger partial charge in [-0.3, -0.25) is 0 Å². The quantitative estimate of drug-likeness (QED) is 0.265. The van der Waals surface area contributed by atoms with Crippen LogP contribution in [0.5, 0.6) is 5.75 Å². The van der Waals surface area contributed by atoms with Gasteiger partial charge in [-0.15, -0.1) is 0 Å². The second-order valence-corrected chi connectivity index (χ2v) is 17.7. The van der Waals surface area contributed by atoms with Gasteiger partial charge >= 0.3 is 0 Å². The molecule has 9 rings (SSSR count). The van der Waals surface area contributed by atoms with E-state index in [1.54, 1.807) is 0 Å². The summed E-state index contributed by atoms with van der Waals surface area (Å²) < 4.78 is 8.06. The summed E-state index contributed by atoms with van der Waals surface area (Å²) in [5, 5.41) is 31.2. The molecule has 6 aliphatic carbocycles. The van der Waals surface area contributed by atoms with Crippen LogP contribution in [-0.4, -0.2) is 45.3 Å². The molecule has 2 heterocycles. The zero-order valence-electron chi connectivity index (χ0n) is 28.3. The van der Waals surface area contributed by atoms with E-state index in [0.29, 0.717) is 47.2 Å². The molecule has 2 saturated heterocycles. The molecule has 8 aliphatic rings. The minimum absolute atomic E-state index is 0.0333. The summed E-state index contributed by atoms with van der Waals surface area (Å²) >= 11 is 0. The Morgan fingerprint density at radius 3 is 2.61 bits per heavy atom. The van der Waals surface area contributed by atoms with Crippen LogP contribution in [0.2, 0.25) is 0 Å². The molecule has 5 heteroatoms. The average Bonchev–Trinajstić information content (AvgIpc) is 3.48. The maximum absolute atomic E-state index is 11.1. The highest BCUT2D eigenvalue weighted by atomic mass is 16.5. The van der Waals surface area contributed by atoms with E-state index in [9.17, 15) is 15.3 Å². The zero-order valence-corrected chi connectivity index (χ0v) is 28.3. The molecular weight excluding hydrogens is 570 g/mol. The summed E-state index contributed by atoms with van der Waals surface area (Å²) in [6.45, 7) is 2.87. The van der Waals surface area contributed by atoms with Crippen molar-refractivity contribution in [1.29, 1.82) is 0 Å². The molecule has 6 bridgehead atoms. The molecule has 1 aromatic carbocycles. The number of hydrogen-bond acceptors (Lipinski definition) is 5. The Hall–Kier alpha value is -1.58. The fourth-order valence-electron chi connectivity index (χ4n) is 13.8. The molecule has 5 nitrogen and oxygen atoms in total. The van der Waals surface area contributed by atoms with E-state index >= 15 is 0 Å². The van der Waals surface area contributed by atoms with Gasteiger partial charge in [0.05, 0.1) is 17.1 Å². The third-order valence-corrected chi connectivity index (χ3v) is 15.4. The third-order valence-electron chi connectivity index (χ3n) is 15.4. The number of aliphatic hydroxyl groups excluding tert-OH is 2. The lowest BCUT2D eigenvalue weighted by Gasteiger charge is -2.75. The molecule has 7 fully saturated rings. The van der Waals surface area contributed by atoms with Crippen molar-refractivity contribution in [1.82, 2.24) is 0 Å². The minimum Gasteiger partial charge on any atom is -0.508 e. The van der Waals surface area contributed by atoms with Crippen LogP contribution in [0.15, 0.2) is 18.2 Å². The van der Waals surface area contributed by atoms with Gasteiger partial charge < -0.3 is 25.8 Å². The summed E-state index contributed by atoms with van der Waals surface area (Å²) in [6.07, 6.45) is 20.8. The summed E-state index contributed by atoms with van der Waals surface area (Å²) in [5.74, 6) is 10.6. The highest BCUT2D eigenvalue weighted by Gasteiger charge is 2.76. The first-order chi connectivity index (χ1) is 22.2. The smallest absolute Gasteiger partial charge is 0.115 e. The van der Waals surface area contributed by atoms with E-state index in [-0.39, 0.29) is 36.6 Å². The topological polar surface area (TPSA) is 95.9 Å². The molecule has 2 spiro atoms. The fourth-order valence-corrected chi connectivity index (χ4v) is 13.8. The second-order valence-electron chi connectivity index (χ2n) is 17.7. The standard InChI is InChI=1S/C41H59NO4/c1-38(32-10-4-7-27(20-32)8-6-18-43)37-31-12-14-33(26-44)41(37,42)36-11-5-9-29-22-35(45)15-13-30(29)19-28-21-34(40(36,24-31)46-38)25-39(23-28)16-2-3-17-39/h13,15,22,27-28,31-34,36-37,43-45H,2-4,6-10,12,14,16-21,23-26,42H2,1H3/t27-,28-,31+,32-,33+,34-,36-,37+,38-,40-,41+/m1/s1. The predicted molar refractivity (Wildman–Crippen MR) is 181 cm³/mol. The number of rotatable bonds is 5. The summed E-state index contributed by atoms with van der Waals surface area (Å²) in [4.78, 5) is 0. The van der Waals surface area contributed by atoms with E-state index in [4.69, 9.17) is 10.5 Å². The lowest BCUT2D eigenvalue weighted by Crippen LogP contribution is -2.84. The van der Waals surface area contributed by atoms with Gasteiger partial charge in [-0.2, -0.15) is 0 Å². The molecule has 252 valence electrons. The van der Waals surface area contributed by atoms with Crippen molar-refractivity contribution in [3.63, 3.8) is 0 Å². The zero-order chi connectivity index (χ0) is 31.7. The molecule has 11 atom stereocenters. The molecule has 5 N–H and O–H groups in total. The highest BCUT2D eigenvalue weighted by Crippen LogP contribution is 2.71. The number of aromatic hydroxyl groups is 1. The second kappa shape index (κ2) is 11.8. The van der Waals surface area contributed by atoms with E-state index < -0.39 is 11.1 Å². The molecule has 0 aromatic heterocycles. The normalized spacial score (nSPS) is 45.7. The fraction of sp³-hybridized carbons (Fsp3) is 0.805. The van der Waals surface area contributed by atoms with Crippen molar-refractivity contribution in [2.45, 2.75) is 139 Å². The minimum atomic E-state index is -0.584. The lowest BCUT2D eigenvalue weighted by atomic mass is 9.38. The van der Waals surface area contributed by atoms with E-state index in [2.05, 4.69) is 24.8 Å². The Labute approximate surface area is 277 Å². The first-order valence-corrected chi connectivity index (χ1v) is 19.2. The van der Waals surface area contributed by atoms with E-state index in [1.807, 2.05) is 12.1 Å². The number of phenolic OH excluding ortho intramolecular Hbond substituents is 1. The van der Waals surface area contributed by atoms with Crippen molar-refractivity contribution < 1.29 is 20.1 Å². The van der Waals surface area contributed by atoms with Gasteiger partial charge in [0.25, 0.3) is 0 Å². The first-order valence-electron chi connectivity index (χ1n) is 19.2. The number of benzene rings is 1. The van der Waals surface area contributed by atoms with E-state index in [0.717, 1.165) is 44.9 Å². The number of phenols is 1. The van der Waals surface area contributed by atoms with Crippen LogP contribution in [0.25, 0.3) is 0 Å². The van der Waals surface area contributed by atoms with Crippen LogP contribution in [0.3, 0.4) is 0 Å². The average molecular weight is 630 g/mol. The van der Waals surface area contributed by atoms with Crippen LogP contribution in [0.4, 0.5) is 0 Å². The number of ether oxygens (including phenoxy) is 1. The van der Waals surface area contributed by atoms with Gasteiger partial charge in [-0.1, -0.05) is 43.6 Å². The van der Waals surface area contributed by atoms with Gasteiger partial charge in [0.2, 0.25) is 0 Å². The van der Waals surface area contributed by atoms with Crippen molar-refractivity contribution in [3.8, 4) is 17.6 Å². The summed E-state index contributed by atoms with van der Waals surface area (Å²) in [7, 11) is 0.